The molecule has 2 aromatic rings. The SMILES string of the molecule is CCc1ccc(OC[C@@H](O)CN2C(=O)N[C@](CC)(c3ccccc3)C2=O)cc1. The molecule has 3 rings (SSSR count). The molecule has 0 radical (unpaired) electrons. The van der Waals surface area contributed by atoms with E-state index in [1.54, 1.807) is 0 Å². The molecule has 2 atom stereocenters. The highest BCUT2D eigenvalue weighted by Crippen LogP contribution is 2.32. The summed E-state index contributed by atoms with van der Waals surface area (Å²) in [5, 5.41) is 13.1. The van der Waals surface area contributed by atoms with E-state index in [2.05, 4.69) is 12.2 Å². The molecule has 28 heavy (non-hydrogen) atoms. The molecule has 0 aliphatic carbocycles. The number of amides is 3. The van der Waals surface area contributed by atoms with Crippen molar-refractivity contribution < 1.29 is 19.4 Å². The fourth-order valence-electron chi connectivity index (χ4n) is 3.43. The third-order valence-corrected chi connectivity index (χ3v) is 5.14. The van der Waals surface area contributed by atoms with E-state index in [9.17, 15) is 14.7 Å². The van der Waals surface area contributed by atoms with Crippen LogP contribution in [0.1, 0.15) is 31.4 Å². The van der Waals surface area contributed by atoms with Gasteiger partial charge in [-0.3, -0.25) is 9.69 Å². The molecule has 0 unspecified atom stereocenters. The van der Waals surface area contributed by atoms with Gasteiger partial charge in [-0.25, -0.2) is 4.79 Å². The third-order valence-electron chi connectivity index (χ3n) is 5.14. The summed E-state index contributed by atoms with van der Waals surface area (Å²) in [6.07, 6.45) is 0.383. The first kappa shape index (κ1) is 19.9. The van der Waals surface area contributed by atoms with Crippen molar-refractivity contribution in [2.75, 3.05) is 13.2 Å². The van der Waals surface area contributed by atoms with Crippen LogP contribution in [-0.2, 0) is 16.8 Å². The molecular formula is C22H26N2O4. The van der Waals surface area contributed by atoms with E-state index >= 15 is 0 Å². The summed E-state index contributed by atoms with van der Waals surface area (Å²) in [5.74, 6) is 0.290. The monoisotopic (exact) mass is 382 g/mol. The average molecular weight is 382 g/mol. The molecule has 0 spiro atoms. The lowest BCUT2D eigenvalue weighted by Gasteiger charge is -2.26. The molecule has 1 saturated heterocycles. The number of aliphatic hydroxyl groups excluding tert-OH is 1. The molecule has 2 aromatic carbocycles. The predicted molar refractivity (Wildman–Crippen MR) is 106 cm³/mol. The van der Waals surface area contributed by atoms with Crippen LogP contribution < -0.4 is 10.1 Å². The molecule has 6 nitrogen and oxygen atoms in total. The molecule has 0 saturated carbocycles. The Morgan fingerprint density at radius 3 is 2.36 bits per heavy atom. The highest BCUT2D eigenvalue weighted by atomic mass is 16.5. The van der Waals surface area contributed by atoms with Crippen LogP contribution >= 0.6 is 0 Å². The van der Waals surface area contributed by atoms with E-state index < -0.39 is 17.7 Å². The van der Waals surface area contributed by atoms with E-state index in [4.69, 9.17) is 4.74 Å². The molecule has 1 fully saturated rings. The Morgan fingerprint density at radius 1 is 1.07 bits per heavy atom. The Morgan fingerprint density at radius 2 is 1.75 bits per heavy atom. The van der Waals surface area contributed by atoms with Gasteiger partial charge in [0, 0.05) is 0 Å². The van der Waals surface area contributed by atoms with Crippen molar-refractivity contribution in [2.45, 2.75) is 38.3 Å². The molecule has 3 amide bonds. The number of nitrogens with zero attached hydrogens (tertiary/aromatic N) is 1. The summed E-state index contributed by atoms with van der Waals surface area (Å²) in [4.78, 5) is 26.6. The first-order chi connectivity index (χ1) is 13.5. The number of carbonyl (C=O) groups is 2. The maximum absolute atomic E-state index is 13.0. The standard InChI is InChI=1S/C22H26N2O4/c1-3-16-10-12-19(13-11-16)28-15-18(25)14-24-20(26)22(4-2,23-21(24)27)17-8-6-5-7-9-17/h5-13,18,25H,3-4,14-15H2,1-2H3,(H,23,27)/t18-,22+/m0/s1. The Balaban J connectivity index is 1.64. The summed E-state index contributed by atoms with van der Waals surface area (Å²) < 4.78 is 5.59. The second-order valence-electron chi connectivity index (χ2n) is 6.93. The van der Waals surface area contributed by atoms with E-state index in [0.717, 1.165) is 16.9 Å². The Hall–Kier alpha value is -2.86. The number of carbonyl (C=O) groups excluding carboxylic acids is 2. The van der Waals surface area contributed by atoms with Gasteiger partial charge in [0.15, 0.2) is 0 Å². The number of benzene rings is 2. The summed E-state index contributed by atoms with van der Waals surface area (Å²) in [7, 11) is 0. The fraction of sp³-hybridized carbons (Fsp3) is 0.364. The van der Waals surface area contributed by atoms with E-state index in [-0.39, 0.29) is 19.1 Å². The van der Waals surface area contributed by atoms with Crippen molar-refractivity contribution in [1.82, 2.24) is 10.2 Å². The Bertz CT molecular complexity index is 822. The van der Waals surface area contributed by atoms with Crippen molar-refractivity contribution >= 4 is 11.9 Å². The smallest absolute Gasteiger partial charge is 0.325 e. The lowest BCUT2D eigenvalue weighted by atomic mass is 9.87. The van der Waals surface area contributed by atoms with E-state index in [0.29, 0.717) is 12.2 Å². The molecule has 2 N–H and O–H groups in total. The minimum absolute atomic E-state index is 0.00695. The number of urea groups is 1. The number of nitrogens with one attached hydrogen (secondary N) is 1. The summed E-state index contributed by atoms with van der Waals surface area (Å²) in [6, 6.07) is 16.3. The molecule has 6 heteroatoms. The molecular weight excluding hydrogens is 356 g/mol. The van der Waals surface area contributed by atoms with Crippen LogP contribution in [0.25, 0.3) is 0 Å². The normalized spacial score (nSPS) is 20.2. The third kappa shape index (κ3) is 3.87. The van der Waals surface area contributed by atoms with Crippen LogP contribution in [0.3, 0.4) is 0 Å². The Labute approximate surface area is 165 Å². The quantitative estimate of drug-likeness (QED) is 0.688. The minimum atomic E-state index is -1.09. The number of hydrogen-bond donors (Lipinski definition) is 2. The zero-order valence-corrected chi connectivity index (χ0v) is 16.2. The molecule has 1 heterocycles. The van der Waals surface area contributed by atoms with Gasteiger partial charge in [-0.15, -0.1) is 0 Å². The summed E-state index contributed by atoms with van der Waals surface area (Å²) >= 11 is 0. The molecule has 0 aromatic heterocycles. The van der Waals surface area contributed by atoms with E-state index in [1.165, 1.54) is 5.56 Å². The average Bonchev–Trinajstić information content (AvgIpc) is 2.98. The van der Waals surface area contributed by atoms with Gasteiger partial charge in [-0.2, -0.15) is 0 Å². The number of β-amino-alcohol motifs (C(OH)–C–C–N with tert-alkyl or cyclic N) is 1. The first-order valence-electron chi connectivity index (χ1n) is 9.59. The zero-order chi connectivity index (χ0) is 20.1. The van der Waals surface area contributed by atoms with Crippen LogP contribution in [0.2, 0.25) is 0 Å². The van der Waals surface area contributed by atoms with Crippen LogP contribution in [0, 0.1) is 0 Å². The van der Waals surface area contributed by atoms with Crippen molar-refractivity contribution in [3.8, 4) is 5.75 Å². The number of aryl methyl sites for hydroxylation is 1. The maximum atomic E-state index is 13.0. The Kier molecular flexibility index (Phi) is 5.99. The van der Waals surface area contributed by atoms with Crippen LogP contribution in [0.4, 0.5) is 4.79 Å². The van der Waals surface area contributed by atoms with Crippen LogP contribution in [-0.4, -0.2) is 41.2 Å². The minimum Gasteiger partial charge on any atom is -0.491 e. The topological polar surface area (TPSA) is 78.9 Å². The molecule has 1 aliphatic rings. The lowest BCUT2D eigenvalue weighted by molar-refractivity contribution is -0.132. The first-order valence-corrected chi connectivity index (χ1v) is 9.59. The van der Waals surface area contributed by atoms with Gasteiger partial charge in [-0.05, 0) is 36.1 Å². The van der Waals surface area contributed by atoms with Gasteiger partial charge < -0.3 is 15.2 Å². The predicted octanol–water partition coefficient (Wildman–Crippen LogP) is 2.85. The number of aliphatic hydroxyl groups is 1. The molecule has 1 aliphatic heterocycles. The molecule has 148 valence electrons. The number of hydrogen-bond acceptors (Lipinski definition) is 4. The van der Waals surface area contributed by atoms with Gasteiger partial charge in [0.1, 0.15) is 24.0 Å². The van der Waals surface area contributed by atoms with Gasteiger partial charge in [-0.1, -0.05) is 56.3 Å². The number of imide groups is 1. The number of ether oxygens (including phenoxy) is 1. The van der Waals surface area contributed by atoms with Crippen molar-refractivity contribution in [2.24, 2.45) is 0 Å². The van der Waals surface area contributed by atoms with Gasteiger partial charge >= 0.3 is 6.03 Å². The molecule has 0 bridgehead atoms. The fourth-order valence-corrected chi connectivity index (χ4v) is 3.43. The van der Waals surface area contributed by atoms with Crippen molar-refractivity contribution in [3.63, 3.8) is 0 Å². The lowest BCUT2D eigenvalue weighted by Crippen LogP contribution is -2.44. The van der Waals surface area contributed by atoms with Gasteiger partial charge in [0.05, 0.1) is 6.54 Å². The zero-order valence-electron chi connectivity index (χ0n) is 16.2. The van der Waals surface area contributed by atoms with Crippen LogP contribution in [0.15, 0.2) is 54.6 Å². The largest absolute Gasteiger partial charge is 0.491 e. The highest BCUT2D eigenvalue weighted by Gasteiger charge is 2.51. The van der Waals surface area contributed by atoms with Gasteiger partial charge in [0.25, 0.3) is 5.91 Å². The summed E-state index contributed by atoms with van der Waals surface area (Å²) in [6.45, 7) is 3.80. The van der Waals surface area contributed by atoms with Crippen LogP contribution in [0.5, 0.6) is 5.75 Å². The van der Waals surface area contributed by atoms with E-state index in [1.807, 2.05) is 61.5 Å². The van der Waals surface area contributed by atoms with Crippen molar-refractivity contribution in [1.29, 1.82) is 0 Å². The van der Waals surface area contributed by atoms with Gasteiger partial charge in [0.2, 0.25) is 0 Å². The maximum Gasteiger partial charge on any atom is 0.325 e. The number of rotatable bonds is 8. The summed E-state index contributed by atoms with van der Waals surface area (Å²) in [5.41, 5.74) is 0.846. The second kappa shape index (κ2) is 8.44. The highest BCUT2D eigenvalue weighted by molar-refractivity contribution is 6.07. The van der Waals surface area contributed by atoms with Crippen molar-refractivity contribution in [3.05, 3.63) is 65.7 Å². The second-order valence-corrected chi connectivity index (χ2v) is 6.93.